The summed E-state index contributed by atoms with van der Waals surface area (Å²) in [5.74, 6) is 0.488. The molecule has 0 bridgehead atoms. The highest BCUT2D eigenvalue weighted by molar-refractivity contribution is 5.81. The number of aliphatic imine (C=N–C) groups is 1. The SMILES string of the molecule is NC1=NCCN1CC=O. The fourth-order valence-corrected chi connectivity index (χ4v) is 0.775. The van der Waals surface area contributed by atoms with Gasteiger partial charge in [0.1, 0.15) is 6.29 Å². The Morgan fingerprint density at radius 1 is 1.89 bits per heavy atom. The Balaban J connectivity index is 2.42. The number of hydrogen-bond donors (Lipinski definition) is 1. The van der Waals surface area contributed by atoms with Gasteiger partial charge < -0.3 is 15.4 Å². The molecule has 2 N–H and O–H groups in total. The molecule has 4 nitrogen and oxygen atoms in total. The van der Waals surface area contributed by atoms with Gasteiger partial charge in [-0.15, -0.1) is 0 Å². The predicted molar refractivity (Wildman–Crippen MR) is 34.1 cm³/mol. The van der Waals surface area contributed by atoms with E-state index in [0.29, 0.717) is 12.5 Å². The average molecular weight is 127 g/mol. The molecule has 0 aromatic heterocycles. The fourth-order valence-electron chi connectivity index (χ4n) is 0.775. The zero-order valence-electron chi connectivity index (χ0n) is 5.08. The van der Waals surface area contributed by atoms with Crippen molar-refractivity contribution in [1.29, 1.82) is 0 Å². The number of hydrogen-bond acceptors (Lipinski definition) is 4. The molecule has 1 rings (SSSR count). The lowest BCUT2D eigenvalue weighted by atomic mass is 10.5. The third kappa shape index (κ3) is 1.19. The lowest BCUT2D eigenvalue weighted by Crippen LogP contribution is -2.34. The molecule has 9 heavy (non-hydrogen) atoms. The first-order chi connectivity index (χ1) is 4.34. The summed E-state index contributed by atoms with van der Waals surface area (Å²) in [5, 5.41) is 0. The van der Waals surface area contributed by atoms with Crippen LogP contribution in [0, 0.1) is 0 Å². The summed E-state index contributed by atoms with van der Waals surface area (Å²) in [6.45, 7) is 1.87. The summed E-state index contributed by atoms with van der Waals surface area (Å²) in [6.07, 6.45) is 0.827. The van der Waals surface area contributed by atoms with Crippen LogP contribution in [-0.2, 0) is 4.79 Å². The Morgan fingerprint density at radius 2 is 2.67 bits per heavy atom. The molecular formula is C5H9N3O. The van der Waals surface area contributed by atoms with Crippen molar-refractivity contribution in [3.63, 3.8) is 0 Å². The molecule has 0 amide bonds. The molecule has 0 aromatic rings. The van der Waals surface area contributed by atoms with Crippen LogP contribution in [0.15, 0.2) is 4.99 Å². The van der Waals surface area contributed by atoms with Crippen molar-refractivity contribution < 1.29 is 4.79 Å². The molecule has 0 aromatic carbocycles. The lowest BCUT2D eigenvalue weighted by molar-refractivity contribution is -0.108. The van der Waals surface area contributed by atoms with Crippen LogP contribution in [0.5, 0.6) is 0 Å². The molecule has 1 aliphatic rings. The van der Waals surface area contributed by atoms with Crippen molar-refractivity contribution in [2.75, 3.05) is 19.6 Å². The zero-order valence-corrected chi connectivity index (χ0v) is 5.08. The van der Waals surface area contributed by atoms with Crippen LogP contribution in [0.25, 0.3) is 0 Å². The third-order valence-corrected chi connectivity index (χ3v) is 1.26. The number of guanidine groups is 1. The van der Waals surface area contributed by atoms with Crippen LogP contribution in [0.2, 0.25) is 0 Å². The summed E-state index contributed by atoms with van der Waals surface area (Å²) >= 11 is 0. The maximum absolute atomic E-state index is 9.95. The maximum atomic E-state index is 9.95. The monoisotopic (exact) mass is 127 g/mol. The van der Waals surface area contributed by atoms with Crippen molar-refractivity contribution in [3.8, 4) is 0 Å². The van der Waals surface area contributed by atoms with Crippen molar-refractivity contribution >= 4 is 12.2 Å². The van der Waals surface area contributed by atoms with Crippen molar-refractivity contribution in [2.45, 2.75) is 0 Å². The second kappa shape index (κ2) is 2.48. The molecule has 1 heterocycles. The lowest BCUT2D eigenvalue weighted by Gasteiger charge is -2.11. The summed E-state index contributed by atoms with van der Waals surface area (Å²) in [5.41, 5.74) is 5.38. The van der Waals surface area contributed by atoms with Crippen molar-refractivity contribution in [2.24, 2.45) is 10.7 Å². The van der Waals surface area contributed by atoms with E-state index >= 15 is 0 Å². The highest BCUT2D eigenvalue weighted by atomic mass is 16.1. The summed E-state index contributed by atoms with van der Waals surface area (Å²) in [6, 6.07) is 0. The smallest absolute Gasteiger partial charge is 0.191 e. The Bertz CT molecular complexity index is 143. The first kappa shape index (κ1) is 6.07. The first-order valence-corrected chi connectivity index (χ1v) is 2.83. The fraction of sp³-hybridized carbons (Fsp3) is 0.600. The highest BCUT2D eigenvalue weighted by Crippen LogP contribution is 1.93. The molecule has 0 spiro atoms. The van der Waals surface area contributed by atoms with E-state index in [9.17, 15) is 4.79 Å². The van der Waals surface area contributed by atoms with Gasteiger partial charge in [-0.2, -0.15) is 0 Å². The predicted octanol–water partition coefficient (Wildman–Crippen LogP) is -1.18. The molecular weight excluding hydrogens is 118 g/mol. The molecule has 0 radical (unpaired) electrons. The molecule has 0 aliphatic carbocycles. The van der Waals surface area contributed by atoms with E-state index in [4.69, 9.17) is 5.73 Å². The number of aldehydes is 1. The van der Waals surface area contributed by atoms with Crippen LogP contribution in [0.3, 0.4) is 0 Å². The van der Waals surface area contributed by atoms with Crippen LogP contribution in [0.4, 0.5) is 0 Å². The van der Waals surface area contributed by atoms with E-state index in [1.807, 2.05) is 0 Å². The van der Waals surface area contributed by atoms with Gasteiger partial charge in [0.25, 0.3) is 0 Å². The Hall–Kier alpha value is -1.06. The topological polar surface area (TPSA) is 58.7 Å². The van der Waals surface area contributed by atoms with E-state index in [1.54, 1.807) is 4.90 Å². The largest absolute Gasteiger partial charge is 0.370 e. The molecule has 0 unspecified atom stereocenters. The zero-order chi connectivity index (χ0) is 6.69. The Kier molecular flexibility index (Phi) is 1.67. The summed E-state index contributed by atoms with van der Waals surface area (Å²) in [4.78, 5) is 15.6. The number of carbonyl (C=O) groups is 1. The van der Waals surface area contributed by atoms with Gasteiger partial charge in [-0.05, 0) is 0 Å². The van der Waals surface area contributed by atoms with Crippen molar-refractivity contribution in [3.05, 3.63) is 0 Å². The molecule has 4 heteroatoms. The van der Waals surface area contributed by atoms with Gasteiger partial charge >= 0.3 is 0 Å². The van der Waals surface area contributed by atoms with Gasteiger partial charge in [0, 0.05) is 6.54 Å². The molecule has 50 valence electrons. The quantitative estimate of drug-likeness (QED) is 0.475. The first-order valence-electron chi connectivity index (χ1n) is 2.83. The normalized spacial score (nSPS) is 17.8. The van der Waals surface area contributed by atoms with Gasteiger partial charge in [-0.3, -0.25) is 4.99 Å². The third-order valence-electron chi connectivity index (χ3n) is 1.26. The van der Waals surface area contributed by atoms with E-state index < -0.39 is 0 Å². The Morgan fingerprint density at radius 3 is 3.11 bits per heavy atom. The number of rotatable bonds is 2. The second-order valence-electron chi connectivity index (χ2n) is 1.85. The number of nitrogens with two attached hydrogens (primary N) is 1. The van der Waals surface area contributed by atoms with Gasteiger partial charge in [-0.25, -0.2) is 0 Å². The minimum atomic E-state index is 0.370. The summed E-state index contributed by atoms with van der Waals surface area (Å²) in [7, 11) is 0. The van der Waals surface area contributed by atoms with Crippen LogP contribution in [-0.4, -0.2) is 36.8 Å². The van der Waals surface area contributed by atoms with Gasteiger partial charge in [0.2, 0.25) is 0 Å². The molecule has 0 atom stereocenters. The second-order valence-corrected chi connectivity index (χ2v) is 1.85. The molecule has 1 aliphatic heterocycles. The van der Waals surface area contributed by atoms with Gasteiger partial charge in [0.05, 0.1) is 13.1 Å². The maximum Gasteiger partial charge on any atom is 0.191 e. The summed E-state index contributed by atoms with van der Waals surface area (Å²) < 4.78 is 0. The van der Waals surface area contributed by atoms with Crippen molar-refractivity contribution in [1.82, 2.24) is 4.90 Å². The number of nitrogens with zero attached hydrogens (tertiary/aromatic N) is 2. The minimum Gasteiger partial charge on any atom is -0.370 e. The van der Waals surface area contributed by atoms with Gasteiger partial charge in [-0.1, -0.05) is 0 Å². The highest BCUT2D eigenvalue weighted by Gasteiger charge is 2.10. The minimum absolute atomic E-state index is 0.370. The van der Waals surface area contributed by atoms with E-state index in [2.05, 4.69) is 4.99 Å². The van der Waals surface area contributed by atoms with Crippen LogP contribution < -0.4 is 5.73 Å². The van der Waals surface area contributed by atoms with E-state index in [-0.39, 0.29) is 0 Å². The van der Waals surface area contributed by atoms with Crippen LogP contribution >= 0.6 is 0 Å². The van der Waals surface area contributed by atoms with Gasteiger partial charge in [0.15, 0.2) is 5.96 Å². The standard InChI is InChI=1S/C5H9N3O/c6-5-7-1-2-8(5)3-4-9/h4H,1-3H2,(H2,6,7). The van der Waals surface area contributed by atoms with Crippen LogP contribution in [0.1, 0.15) is 0 Å². The Labute approximate surface area is 53.3 Å². The molecule has 0 saturated heterocycles. The molecule has 0 fully saturated rings. The molecule has 0 saturated carbocycles. The van der Waals surface area contributed by atoms with E-state index in [0.717, 1.165) is 19.4 Å². The van der Waals surface area contributed by atoms with E-state index in [1.165, 1.54) is 0 Å². The average Bonchev–Trinajstić information content (AvgIpc) is 2.18. The number of carbonyl (C=O) groups excluding carboxylic acids is 1.